The van der Waals surface area contributed by atoms with E-state index in [-0.39, 0.29) is 0 Å². The van der Waals surface area contributed by atoms with Gasteiger partial charge in [0.25, 0.3) is 60.9 Å². The molecule has 1 aliphatic heterocycles. The first kappa shape index (κ1) is 11.2. The third-order valence-corrected chi connectivity index (χ3v) is 6.67. The zero-order valence-corrected chi connectivity index (χ0v) is 11.5. The fraction of sp³-hybridized carbons (Fsp3) is 0. The van der Waals surface area contributed by atoms with Gasteiger partial charge in [0, 0.05) is 0 Å². The molecular formula is C8H8Al4. The fourth-order valence-electron chi connectivity index (χ4n) is 0.770. The Balaban J connectivity index is 2.40. The molecule has 0 N–H and O–H groups in total. The van der Waals surface area contributed by atoms with Crippen LogP contribution in [0.3, 0.4) is 0 Å². The molecule has 52 valence electrons. The third kappa shape index (κ3) is 6.59. The highest BCUT2D eigenvalue weighted by Crippen LogP contribution is 1.79. The van der Waals surface area contributed by atoms with Crippen molar-refractivity contribution in [2.45, 2.75) is 0 Å². The van der Waals surface area contributed by atoms with Crippen molar-refractivity contribution in [1.82, 2.24) is 0 Å². The average molecular weight is 212 g/mol. The van der Waals surface area contributed by atoms with Crippen LogP contribution in [-0.4, -0.2) is 60.9 Å². The van der Waals surface area contributed by atoms with Crippen LogP contribution in [0, 0.1) is 0 Å². The van der Waals surface area contributed by atoms with Crippen molar-refractivity contribution in [3.8, 4) is 0 Å². The summed E-state index contributed by atoms with van der Waals surface area (Å²) in [7, 11) is 0. The number of rotatable bonds is 0. The quantitative estimate of drug-likeness (QED) is 0.518. The minimum absolute atomic E-state index is 0.452. The molecule has 1 aliphatic rings. The molecule has 0 amide bonds. The van der Waals surface area contributed by atoms with Crippen LogP contribution in [0.4, 0.5) is 0 Å². The van der Waals surface area contributed by atoms with Crippen LogP contribution in [0.25, 0.3) is 0 Å². The Morgan fingerprint density at radius 3 is 0.667 bits per heavy atom. The van der Waals surface area contributed by atoms with E-state index in [1.54, 1.807) is 0 Å². The Hall–Kier alpha value is 1.09. The summed E-state index contributed by atoms with van der Waals surface area (Å²) < 4.78 is 0. The van der Waals surface area contributed by atoms with Crippen molar-refractivity contribution in [1.29, 1.82) is 0 Å². The lowest BCUT2D eigenvalue weighted by atomic mass is 11.2. The first-order chi connectivity index (χ1) is 6.00. The van der Waals surface area contributed by atoms with Crippen LogP contribution < -0.4 is 0 Å². The molecule has 1 rings (SSSR count). The third-order valence-electron chi connectivity index (χ3n) is 1.33. The van der Waals surface area contributed by atoms with Gasteiger partial charge in [0.05, 0.1) is 0 Å². The lowest BCUT2D eigenvalue weighted by molar-refractivity contribution is 2.24. The van der Waals surface area contributed by atoms with E-state index in [1.165, 1.54) is 0 Å². The van der Waals surface area contributed by atoms with Gasteiger partial charge in [0.2, 0.25) is 0 Å². The average Bonchev–Trinajstić information content (AvgIpc) is 2.05. The van der Waals surface area contributed by atoms with Gasteiger partial charge in [0.1, 0.15) is 0 Å². The molecule has 0 fully saturated rings. The molecule has 0 nitrogen and oxygen atoms in total. The van der Waals surface area contributed by atoms with Gasteiger partial charge in [-0.2, -0.15) is 39.5 Å². The van der Waals surface area contributed by atoms with Gasteiger partial charge in [-0.25, -0.2) is 0 Å². The van der Waals surface area contributed by atoms with Gasteiger partial charge in [-0.1, -0.05) is 0 Å². The van der Waals surface area contributed by atoms with Crippen LogP contribution in [0.15, 0.2) is 39.5 Å². The minimum atomic E-state index is 0.452. The second kappa shape index (κ2) is 8.68. The molecule has 0 aromatic heterocycles. The van der Waals surface area contributed by atoms with Crippen LogP contribution in [0.2, 0.25) is 0 Å². The Kier molecular flexibility index (Phi) is 8.07. The molecule has 0 aromatic rings. The molecular weight excluding hydrogens is 204 g/mol. The second-order valence-electron chi connectivity index (χ2n) is 2.31. The summed E-state index contributed by atoms with van der Waals surface area (Å²) in [6.07, 6.45) is 0. The molecule has 12 heavy (non-hydrogen) atoms. The lowest BCUT2D eigenvalue weighted by Gasteiger charge is -1.83. The Morgan fingerprint density at radius 1 is 0.333 bits per heavy atom. The van der Waals surface area contributed by atoms with E-state index in [0.717, 1.165) is 0 Å². The Labute approximate surface area is 99.4 Å². The summed E-state index contributed by atoms with van der Waals surface area (Å²) >= 11 is 1.81. The highest BCUT2D eigenvalue weighted by atomic mass is 27.1. The smallest absolute Gasteiger partial charge is 0.170 e. The monoisotopic (exact) mass is 212 g/mol. The van der Waals surface area contributed by atoms with Crippen molar-refractivity contribution in [2.75, 3.05) is 0 Å². The lowest BCUT2D eigenvalue weighted by Crippen LogP contribution is -1.88. The van der Waals surface area contributed by atoms with Crippen molar-refractivity contribution >= 4 is 60.9 Å². The summed E-state index contributed by atoms with van der Waals surface area (Å²) in [6.45, 7) is 0. The predicted molar refractivity (Wildman–Crippen MR) is 59.6 cm³/mol. The molecule has 4 heteroatoms. The van der Waals surface area contributed by atoms with Crippen LogP contribution in [-0.2, 0) is 0 Å². The molecule has 4 radical (unpaired) electrons. The largest absolute Gasteiger partial charge is 0.267 e. The van der Waals surface area contributed by atoms with Crippen LogP contribution in [0.1, 0.15) is 0 Å². The summed E-state index contributed by atoms with van der Waals surface area (Å²) in [4.78, 5) is 18.9. The zero-order chi connectivity index (χ0) is 8.49. The molecule has 0 saturated carbocycles. The summed E-state index contributed by atoms with van der Waals surface area (Å²) in [5.41, 5.74) is 0. The maximum atomic E-state index is 2.36. The van der Waals surface area contributed by atoms with Gasteiger partial charge in [0.15, 0.2) is 0 Å². The maximum absolute atomic E-state index is 2.36. The van der Waals surface area contributed by atoms with E-state index >= 15 is 0 Å². The molecule has 0 atom stereocenters. The molecule has 0 unspecified atom stereocenters. The van der Waals surface area contributed by atoms with Gasteiger partial charge in [-0.05, 0) is 0 Å². The second-order valence-corrected chi connectivity index (χ2v) is 6.93. The summed E-state index contributed by atoms with van der Waals surface area (Å²) in [5.74, 6) is 0. The minimum Gasteiger partial charge on any atom is -0.170 e. The van der Waals surface area contributed by atoms with E-state index < -0.39 is 0 Å². The van der Waals surface area contributed by atoms with E-state index in [9.17, 15) is 0 Å². The van der Waals surface area contributed by atoms with Crippen molar-refractivity contribution in [2.24, 2.45) is 0 Å². The first-order valence-corrected chi connectivity index (χ1v) is 9.33. The molecule has 0 aromatic carbocycles. The van der Waals surface area contributed by atoms with Gasteiger partial charge >= 0.3 is 0 Å². The van der Waals surface area contributed by atoms with Gasteiger partial charge in [-0.15, -0.1) is 0 Å². The maximum Gasteiger partial charge on any atom is 0.267 e. The summed E-state index contributed by atoms with van der Waals surface area (Å²) in [5, 5.41) is 0. The van der Waals surface area contributed by atoms with Gasteiger partial charge < -0.3 is 0 Å². The fourth-order valence-corrected chi connectivity index (χ4v) is 5.39. The standard InChI is InChI=1S/4C2H2.4Al/c4*1-2;;;;/h4*1-2H;;;;. The highest BCUT2D eigenvalue weighted by molar-refractivity contribution is 6.60. The summed E-state index contributed by atoms with van der Waals surface area (Å²) in [6, 6.07) is 0. The normalized spacial score (nSPS) is 26.7. The molecule has 0 bridgehead atoms. The SMILES string of the molecule is [CH]1=[CH]\[Al]/[CH]=[CH]\[Al]/[CH]=[CH]\[Al]/[CH]=[CH]\[Al]/1. The Bertz CT molecular complexity index is 151. The van der Waals surface area contributed by atoms with E-state index in [4.69, 9.17) is 0 Å². The highest BCUT2D eigenvalue weighted by Gasteiger charge is 1.83. The topological polar surface area (TPSA) is 0 Å². The zero-order valence-electron chi connectivity index (χ0n) is 6.93. The predicted octanol–water partition coefficient (Wildman–Crippen LogP) is 0.702. The number of hydrogen-bond donors (Lipinski definition) is 0. The van der Waals surface area contributed by atoms with Crippen molar-refractivity contribution in [3.05, 3.63) is 39.5 Å². The van der Waals surface area contributed by atoms with Crippen molar-refractivity contribution in [3.63, 3.8) is 0 Å². The van der Waals surface area contributed by atoms with Crippen LogP contribution >= 0.6 is 0 Å². The van der Waals surface area contributed by atoms with Crippen LogP contribution in [0.5, 0.6) is 0 Å². The number of hydrogen-bond acceptors (Lipinski definition) is 0. The van der Waals surface area contributed by atoms with Gasteiger partial charge in [-0.3, -0.25) is 0 Å². The van der Waals surface area contributed by atoms with E-state index in [0.29, 0.717) is 60.9 Å². The van der Waals surface area contributed by atoms with E-state index in [2.05, 4.69) is 39.5 Å². The molecule has 1 heterocycles. The Morgan fingerprint density at radius 2 is 0.500 bits per heavy atom. The van der Waals surface area contributed by atoms with E-state index in [1.807, 2.05) is 0 Å². The molecule has 0 saturated heterocycles. The first-order valence-electron chi connectivity index (χ1n) is 4.00. The van der Waals surface area contributed by atoms with Crippen molar-refractivity contribution < 1.29 is 0 Å². The molecule has 0 spiro atoms. The molecule has 0 aliphatic carbocycles.